The summed E-state index contributed by atoms with van der Waals surface area (Å²) in [6, 6.07) is 5.17. The Labute approximate surface area is 176 Å². The van der Waals surface area contributed by atoms with Crippen molar-refractivity contribution >= 4 is 28.9 Å². The zero-order valence-electron chi connectivity index (χ0n) is 17.1. The number of rotatable bonds is 5. The van der Waals surface area contributed by atoms with E-state index in [1.54, 1.807) is 30.7 Å². The Kier molecular flexibility index (Phi) is 6.02. The Morgan fingerprint density at radius 3 is 2.80 bits per heavy atom. The summed E-state index contributed by atoms with van der Waals surface area (Å²) >= 11 is 0. The molecule has 0 aliphatic heterocycles. The third kappa shape index (κ3) is 4.64. The van der Waals surface area contributed by atoms with Crippen LogP contribution in [0.5, 0.6) is 0 Å². The van der Waals surface area contributed by atoms with Crippen LogP contribution < -0.4 is 10.6 Å². The lowest BCUT2D eigenvalue weighted by Crippen LogP contribution is -2.22. The van der Waals surface area contributed by atoms with E-state index in [1.165, 1.54) is 5.57 Å². The molecule has 4 rings (SSSR count). The Bertz CT molecular complexity index is 1010. The average molecular weight is 402 g/mol. The molecule has 0 spiro atoms. The van der Waals surface area contributed by atoms with Gasteiger partial charge in [0.2, 0.25) is 5.91 Å². The van der Waals surface area contributed by atoms with Gasteiger partial charge in [-0.2, -0.15) is 0 Å². The van der Waals surface area contributed by atoms with Gasteiger partial charge in [0.25, 0.3) is 5.91 Å². The number of aromatic nitrogens is 2. The van der Waals surface area contributed by atoms with Gasteiger partial charge < -0.3 is 10.6 Å². The maximum Gasteiger partial charge on any atom is 0.255 e. The zero-order valence-corrected chi connectivity index (χ0v) is 17.1. The second-order valence-corrected chi connectivity index (χ2v) is 8.07. The minimum atomic E-state index is -0.261. The lowest BCUT2D eigenvalue weighted by atomic mass is 9.97. The van der Waals surface area contributed by atoms with E-state index >= 15 is 0 Å². The first-order valence-electron chi connectivity index (χ1n) is 10.5. The Hall–Kier alpha value is -3.28. The van der Waals surface area contributed by atoms with E-state index in [0.717, 1.165) is 37.7 Å². The second kappa shape index (κ2) is 9.03. The molecular formula is C24H26N4O2. The van der Waals surface area contributed by atoms with Gasteiger partial charge in [0, 0.05) is 29.4 Å². The number of nitrogens with zero attached hydrogens (tertiary/aromatic N) is 2. The van der Waals surface area contributed by atoms with E-state index in [4.69, 9.17) is 0 Å². The lowest BCUT2D eigenvalue weighted by Gasteiger charge is -2.15. The highest BCUT2D eigenvalue weighted by Gasteiger charge is 2.27. The molecule has 6 nitrogen and oxygen atoms in total. The molecule has 154 valence electrons. The molecular weight excluding hydrogens is 376 g/mol. The summed E-state index contributed by atoms with van der Waals surface area (Å²) in [7, 11) is 0. The lowest BCUT2D eigenvalue weighted by molar-refractivity contribution is -0.119. The zero-order chi connectivity index (χ0) is 20.9. The van der Waals surface area contributed by atoms with Crippen LogP contribution in [0.4, 0.5) is 11.5 Å². The molecule has 2 aromatic heterocycles. The highest BCUT2D eigenvalue weighted by atomic mass is 16.2. The van der Waals surface area contributed by atoms with Crippen LogP contribution in [0.2, 0.25) is 0 Å². The van der Waals surface area contributed by atoms with Crippen molar-refractivity contribution in [3.63, 3.8) is 0 Å². The first-order valence-corrected chi connectivity index (χ1v) is 10.5. The van der Waals surface area contributed by atoms with Gasteiger partial charge >= 0.3 is 0 Å². The maximum absolute atomic E-state index is 12.9. The number of pyridine rings is 2. The number of hydrogen-bond acceptors (Lipinski definition) is 4. The van der Waals surface area contributed by atoms with Crippen LogP contribution in [-0.2, 0) is 4.79 Å². The SMILES string of the molecule is CC1CCC(C(=O)Nc2cc(C(=O)Nc3cnccc3C3=CC=CCC3)ccn2)C1. The summed E-state index contributed by atoms with van der Waals surface area (Å²) in [5.74, 6) is 0.725. The van der Waals surface area contributed by atoms with Gasteiger partial charge in [0.1, 0.15) is 5.82 Å². The standard InChI is InChI=1S/C24H26N4O2/c1-16-7-8-18(13-16)24(30)28-22-14-19(9-12-26-22)23(29)27-21-15-25-11-10-20(21)17-5-3-2-4-6-17/h2-3,5,9-12,14-16,18H,4,6-8,13H2,1H3,(H,27,29)(H,26,28,30). The minimum Gasteiger partial charge on any atom is -0.320 e. The molecule has 2 aliphatic carbocycles. The van der Waals surface area contributed by atoms with Crippen molar-refractivity contribution in [2.45, 2.75) is 39.0 Å². The fourth-order valence-corrected chi connectivity index (χ4v) is 4.11. The molecule has 6 heteroatoms. The summed E-state index contributed by atoms with van der Waals surface area (Å²) in [5, 5.41) is 5.83. The van der Waals surface area contributed by atoms with Crippen LogP contribution in [0.3, 0.4) is 0 Å². The molecule has 1 saturated carbocycles. The first-order chi connectivity index (χ1) is 14.6. The van der Waals surface area contributed by atoms with Crippen molar-refractivity contribution in [2.75, 3.05) is 10.6 Å². The average Bonchev–Trinajstić information content (AvgIpc) is 3.21. The summed E-state index contributed by atoms with van der Waals surface area (Å²) in [6.45, 7) is 2.17. The third-order valence-electron chi connectivity index (χ3n) is 5.77. The fraction of sp³-hybridized carbons (Fsp3) is 0.333. The number of hydrogen-bond donors (Lipinski definition) is 2. The smallest absolute Gasteiger partial charge is 0.255 e. The van der Waals surface area contributed by atoms with E-state index in [9.17, 15) is 9.59 Å². The number of carbonyl (C=O) groups excluding carboxylic acids is 2. The van der Waals surface area contributed by atoms with Crippen molar-refractivity contribution in [1.29, 1.82) is 0 Å². The summed E-state index contributed by atoms with van der Waals surface area (Å²) < 4.78 is 0. The quantitative estimate of drug-likeness (QED) is 0.750. The van der Waals surface area contributed by atoms with Crippen LogP contribution in [-0.4, -0.2) is 21.8 Å². The maximum atomic E-state index is 12.9. The number of amides is 2. The van der Waals surface area contributed by atoms with Gasteiger partial charge in [-0.15, -0.1) is 0 Å². The molecule has 2 aromatic rings. The Balaban J connectivity index is 1.47. The van der Waals surface area contributed by atoms with E-state index < -0.39 is 0 Å². The third-order valence-corrected chi connectivity index (χ3v) is 5.77. The largest absolute Gasteiger partial charge is 0.320 e. The minimum absolute atomic E-state index is 0.0174. The molecule has 0 bridgehead atoms. The number of allylic oxidation sites excluding steroid dienone is 4. The number of carbonyl (C=O) groups is 2. The van der Waals surface area contributed by atoms with Gasteiger partial charge in [-0.3, -0.25) is 14.6 Å². The normalized spacial score (nSPS) is 20.5. The molecule has 2 amide bonds. The summed E-state index contributed by atoms with van der Waals surface area (Å²) in [6.07, 6.45) is 16.0. The molecule has 2 aliphatic rings. The van der Waals surface area contributed by atoms with Crippen LogP contribution in [0.25, 0.3) is 5.57 Å². The molecule has 1 fully saturated rings. The second-order valence-electron chi connectivity index (χ2n) is 8.07. The Morgan fingerprint density at radius 2 is 2.03 bits per heavy atom. The topological polar surface area (TPSA) is 84.0 Å². The van der Waals surface area contributed by atoms with Gasteiger partial charge in [-0.05, 0) is 61.8 Å². The summed E-state index contributed by atoms with van der Waals surface area (Å²) in [5.41, 5.74) is 3.25. The molecule has 30 heavy (non-hydrogen) atoms. The molecule has 2 unspecified atom stereocenters. The molecule has 0 radical (unpaired) electrons. The van der Waals surface area contributed by atoms with E-state index in [2.05, 4.69) is 39.7 Å². The highest BCUT2D eigenvalue weighted by Crippen LogP contribution is 2.31. The molecule has 2 atom stereocenters. The first kappa shape index (κ1) is 20.0. The van der Waals surface area contributed by atoms with Crippen molar-refractivity contribution in [2.24, 2.45) is 11.8 Å². The monoisotopic (exact) mass is 402 g/mol. The van der Waals surface area contributed by atoms with Crippen molar-refractivity contribution in [3.05, 3.63) is 66.1 Å². The van der Waals surface area contributed by atoms with Gasteiger partial charge in [0.15, 0.2) is 0 Å². The van der Waals surface area contributed by atoms with Gasteiger partial charge in [0.05, 0.1) is 11.9 Å². The van der Waals surface area contributed by atoms with E-state index in [1.807, 2.05) is 12.1 Å². The Morgan fingerprint density at radius 1 is 1.13 bits per heavy atom. The van der Waals surface area contributed by atoms with Crippen LogP contribution >= 0.6 is 0 Å². The van der Waals surface area contributed by atoms with Crippen molar-refractivity contribution < 1.29 is 9.59 Å². The predicted octanol–water partition coefficient (Wildman–Crippen LogP) is 4.84. The van der Waals surface area contributed by atoms with Crippen LogP contribution in [0.1, 0.15) is 54.9 Å². The highest BCUT2D eigenvalue weighted by molar-refractivity contribution is 6.06. The number of nitrogens with one attached hydrogen (secondary N) is 2. The van der Waals surface area contributed by atoms with Gasteiger partial charge in [-0.25, -0.2) is 4.98 Å². The molecule has 2 N–H and O–H groups in total. The van der Waals surface area contributed by atoms with Gasteiger partial charge in [-0.1, -0.05) is 25.2 Å². The van der Waals surface area contributed by atoms with Crippen LogP contribution in [0.15, 0.2) is 55.0 Å². The summed E-state index contributed by atoms with van der Waals surface area (Å²) in [4.78, 5) is 33.7. The van der Waals surface area contributed by atoms with Crippen molar-refractivity contribution in [1.82, 2.24) is 9.97 Å². The number of anilines is 2. The molecule has 2 heterocycles. The van der Waals surface area contributed by atoms with Crippen molar-refractivity contribution in [3.8, 4) is 0 Å². The van der Waals surface area contributed by atoms with Crippen LogP contribution in [0, 0.1) is 11.8 Å². The molecule has 0 saturated heterocycles. The van der Waals surface area contributed by atoms with E-state index in [0.29, 0.717) is 23.0 Å². The van der Waals surface area contributed by atoms with E-state index in [-0.39, 0.29) is 17.7 Å². The molecule has 0 aromatic carbocycles. The fourth-order valence-electron chi connectivity index (χ4n) is 4.11. The predicted molar refractivity (Wildman–Crippen MR) is 118 cm³/mol.